The number of carbonyl (C=O) groups excluding carboxylic acids is 4. The molecule has 2 N–H and O–H groups in total. The molecule has 32 heavy (non-hydrogen) atoms. The van der Waals surface area contributed by atoms with E-state index in [9.17, 15) is 19.2 Å². The molecular weight excluding hydrogens is 414 g/mol. The van der Waals surface area contributed by atoms with Crippen molar-refractivity contribution in [3.05, 3.63) is 53.3 Å². The van der Waals surface area contributed by atoms with Gasteiger partial charge in [-0.3, -0.25) is 14.9 Å². The molecule has 9 nitrogen and oxygen atoms in total. The summed E-state index contributed by atoms with van der Waals surface area (Å²) in [4.78, 5) is 53.3. The number of hydrogen-bond acceptors (Lipinski definition) is 6. The Morgan fingerprint density at radius 3 is 2.31 bits per heavy atom. The third-order valence-electron chi connectivity index (χ3n) is 4.73. The van der Waals surface area contributed by atoms with Gasteiger partial charge in [0.15, 0.2) is 6.61 Å². The Morgan fingerprint density at radius 2 is 1.69 bits per heavy atom. The number of ether oxygens (including phenoxy) is 2. The second kappa shape index (κ2) is 9.67. The Morgan fingerprint density at radius 1 is 1.03 bits per heavy atom. The Hall–Kier alpha value is -3.62. The van der Waals surface area contributed by atoms with Gasteiger partial charge in [0.2, 0.25) is 5.78 Å². The minimum absolute atomic E-state index is 0.140. The fourth-order valence-electron chi connectivity index (χ4n) is 3.18. The third-order valence-corrected chi connectivity index (χ3v) is 4.73. The summed E-state index contributed by atoms with van der Waals surface area (Å²) < 4.78 is 10.3. The molecule has 1 aliphatic heterocycles. The number of nitrogens with zero attached hydrogens (tertiary/aromatic N) is 1. The van der Waals surface area contributed by atoms with E-state index in [0.717, 1.165) is 12.8 Å². The Kier molecular flexibility index (Phi) is 6.97. The first kappa shape index (κ1) is 23.1. The molecule has 170 valence electrons. The lowest BCUT2D eigenvalue weighted by Crippen LogP contribution is -2.27. The van der Waals surface area contributed by atoms with Crippen molar-refractivity contribution in [2.45, 2.75) is 39.2 Å². The molecule has 0 atom stereocenters. The number of rotatable bonds is 6. The monoisotopic (exact) mass is 441 g/mol. The molecule has 9 heteroatoms. The fourth-order valence-corrected chi connectivity index (χ4v) is 3.18. The number of hydrogen-bond donors (Lipinski definition) is 2. The molecule has 1 fully saturated rings. The minimum atomic E-state index is -0.675. The van der Waals surface area contributed by atoms with E-state index in [1.807, 2.05) is 0 Å². The molecule has 1 aromatic heterocycles. The van der Waals surface area contributed by atoms with Gasteiger partial charge in [0, 0.05) is 30.5 Å². The first-order chi connectivity index (χ1) is 15.1. The van der Waals surface area contributed by atoms with Gasteiger partial charge in [-0.15, -0.1) is 0 Å². The summed E-state index contributed by atoms with van der Waals surface area (Å²) in [7, 11) is 0. The lowest BCUT2D eigenvalue weighted by Gasteiger charge is -2.19. The normalized spacial score (nSPS) is 13.5. The van der Waals surface area contributed by atoms with Crippen molar-refractivity contribution in [1.29, 1.82) is 0 Å². The van der Waals surface area contributed by atoms with Crippen LogP contribution in [0.2, 0.25) is 0 Å². The number of benzene rings is 1. The molecule has 2 aromatic rings. The zero-order valence-electron chi connectivity index (χ0n) is 18.4. The lowest BCUT2D eigenvalue weighted by atomic mass is 10.2. The van der Waals surface area contributed by atoms with Crippen LogP contribution in [0.5, 0.6) is 0 Å². The van der Waals surface area contributed by atoms with Gasteiger partial charge in [0.1, 0.15) is 11.3 Å². The number of Topliss-reactive ketones (excluding diaryl/α,β-unsaturated/α-hetero) is 1. The van der Waals surface area contributed by atoms with E-state index in [-0.39, 0.29) is 17.0 Å². The van der Waals surface area contributed by atoms with Crippen LogP contribution >= 0.6 is 0 Å². The van der Waals surface area contributed by atoms with Gasteiger partial charge in [-0.2, -0.15) is 0 Å². The van der Waals surface area contributed by atoms with E-state index in [1.165, 1.54) is 36.5 Å². The smallest absolute Gasteiger partial charge is 0.412 e. The molecule has 0 aliphatic carbocycles. The largest absolute Gasteiger partial charge is 0.454 e. The highest BCUT2D eigenvalue weighted by Gasteiger charge is 2.22. The molecule has 1 aromatic carbocycles. The maximum absolute atomic E-state index is 12.4. The number of aromatic nitrogens is 1. The quantitative estimate of drug-likeness (QED) is 0.522. The van der Waals surface area contributed by atoms with E-state index < -0.39 is 30.1 Å². The Balaban J connectivity index is 1.50. The van der Waals surface area contributed by atoms with Gasteiger partial charge < -0.3 is 19.4 Å². The molecule has 1 aliphatic rings. The Bertz CT molecular complexity index is 997. The third kappa shape index (κ3) is 6.19. The standard InChI is InChI=1S/C23H27N3O6/c1-23(2,3)32-22(30)25-17-8-6-15(7-9-17)21(29)31-14-19(27)16-12-18(24-13-16)20(28)26-10-4-5-11-26/h6-9,12-13,24H,4-5,10-11,14H2,1-3H3,(H,25,30). The summed E-state index contributed by atoms with van der Waals surface area (Å²) in [5.74, 6) is -1.23. The number of likely N-dealkylation sites (tertiary alicyclic amines) is 1. The minimum Gasteiger partial charge on any atom is -0.454 e. The van der Waals surface area contributed by atoms with Crippen LogP contribution in [0.4, 0.5) is 10.5 Å². The molecule has 0 spiro atoms. The second-order valence-corrected chi connectivity index (χ2v) is 8.50. The highest BCUT2D eigenvalue weighted by Crippen LogP contribution is 2.15. The molecule has 2 amide bonds. The van der Waals surface area contributed by atoms with Crippen LogP contribution in [0.3, 0.4) is 0 Å². The van der Waals surface area contributed by atoms with Gasteiger partial charge in [-0.1, -0.05) is 0 Å². The second-order valence-electron chi connectivity index (χ2n) is 8.50. The summed E-state index contributed by atoms with van der Waals surface area (Å²) in [6.45, 7) is 6.24. The molecule has 0 radical (unpaired) electrons. The van der Waals surface area contributed by atoms with E-state index >= 15 is 0 Å². The van der Waals surface area contributed by atoms with E-state index in [1.54, 1.807) is 25.7 Å². The zero-order chi connectivity index (χ0) is 23.3. The van der Waals surface area contributed by atoms with Crippen LogP contribution in [-0.2, 0) is 9.47 Å². The molecule has 0 unspecified atom stereocenters. The Labute approximate surface area is 186 Å². The maximum atomic E-state index is 12.4. The van der Waals surface area contributed by atoms with Crippen molar-refractivity contribution >= 4 is 29.4 Å². The van der Waals surface area contributed by atoms with E-state index in [4.69, 9.17) is 9.47 Å². The summed E-state index contributed by atoms with van der Waals surface area (Å²) in [5.41, 5.74) is 0.676. The zero-order valence-corrected chi connectivity index (χ0v) is 18.4. The topological polar surface area (TPSA) is 118 Å². The molecule has 2 heterocycles. The first-order valence-electron chi connectivity index (χ1n) is 10.4. The number of H-pyrrole nitrogens is 1. The van der Waals surface area contributed by atoms with Crippen molar-refractivity contribution in [2.24, 2.45) is 0 Å². The van der Waals surface area contributed by atoms with Crippen LogP contribution in [0.15, 0.2) is 36.5 Å². The molecule has 0 saturated carbocycles. The van der Waals surface area contributed by atoms with Crippen molar-refractivity contribution < 1.29 is 28.7 Å². The molecule has 0 bridgehead atoms. The van der Waals surface area contributed by atoms with Gasteiger partial charge in [0.25, 0.3) is 5.91 Å². The number of carbonyl (C=O) groups is 4. The molecule has 1 saturated heterocycles. The summed E-state index contributed by atoms with van der Waals surface area (Å²) >= 11 is 0. The van der Waals surface area contributed by atoms with Crippen LogP contribution in [0, 0.1) is 0 Å². The molecular formula is C23H27N3O6. The van der Waals surface area contributed by atoms with Gasteiger partial charge in [-0.05, 0) is 63.9 Å². The fraction of sp³-hybridized carbons (Fsp3) is 0.391. The summed E-state index contributed by atoms with van der Waals surface area (Å²) in [5, 5.41) is 2.57. The average molecular weight is 441 g/mol. The van der Waals surface area contributed by atoms with Crippen molar-refractivity contribution in [1.82, 2.24) is 9.88 Å². The number of nitrogens with one attached hydrogen (secondary N) is 2. The molecule has 3 rings (SSSR count). The average Bonchev–Trinajstić information content (AvgIpc) is 3.42. The van der Waals surface area contributed by atoms with Crippen LogP contribution in [0.25, 0.3) is 0 Å². The number of ketones is 1. The first-order valence-corrected chi connectivity index (χ1v) is 10.4. The highest BCUT2D eigenvalue weighted by molar-refractivity contribution is 6.02. The maximum Gasteiger partial charge on any atom is 0.412 e. The number of esters is 1. The van der Waals surface area contributed by atoms with Crippen LogP contribution < -0.4 is 5.32 Å². The van der Waals surface area contributed by atoms with E-state index in [2.05, 4.69) is 10.3 Å². The van der Waals surface area contributed by atoms with Gasteiger partial charge >= 0.3 is 12.1 Å². The van der Waals surface area contributed by atoms with Crippen molar-refractivity contribution in [3.63, 3.8) is 0 Å². The summed E-state index contributed by atoms with van der Waals surface area (Å²) in [6.07, 6.45) is 2.79. The number of anilines is 1. The highest BCUT2D eigenvalue weighted by atomic mass is 16.6. The predicted octanol–water partition coefficient (Wildman–Crippen LogP) is 3.64. The SMILES string of the molecule is CC(C)(C)OC(=O)Nc1ccc(C(=O)OCC(=O)c2c[nH]c(C(=O)N3CCCC3)c2)cc1. The van der Waals surface area contributed by atoms with Gasteiger partial charge in [0.05, 0.1) is 5.56 Å². The van der Waals surface area contributed by atoms with Crippen LogP contribution in [-0.4, -0.2) is 58.9 Å². The van der Waals surface area contributed by atoms with Crippen molar-refractivity contribution in [3.8, 4) is 0 Å². The predicted molar refractivity (Wildman–Crippen MR) is 117 cm³/mol. The van der Waals surface area contributed by atoms with Gasteiger partial charge in [-0.25, -0.2) is 9.59 Å². The van der Waals surface area contributed by atoms with Crippen LogP contribution in [0.1, 0.15) is 64.8 Å². The number of aromatic amines is 1. The lowest BCUT2D eigenvalue weighted by molar-refractivity contribution is 0.0474. The summed E-state index contributed by atoms with van der Waals surface area (Å²) in [6, 6.07) is 7.49. The number of amides is 2. The van der Waals surface area contributed by atoms with Crippen molar-refractivity contribution in [2.75, 3.05) is 25.0 Å². The van der Waals surface area contributed by atoms with E-state index in [0.29, 0.717) is 24.5 Å².